The van der Waals surface area contributed by atoms with E-state index in [2.05, 4.69) is 6.92 Å². The number of carbonyl (C=O) groups is 2. The van der Waals surface area contributed by atoms with Crippen molar-refractivity contribution < 1.29 is 14.7 Å². The van der Waals surface area contributed by atoms with Gasteiger partial charge in [-0.3, -0.25) is 4.79 Å². The molecule has 1 atom stereocenters. The van der Waals surface area contributed by atoms with Gasteiger partial charge < -0.3 is 10.0 Å². The Bertz CT molecular complexity index is 484. The van der Waals surface area contributed by atoms with Crippen molar-refractivity contribution in [3.63, 3.8) is 0 Å². The molecule has 1 unspecified atom stereocenters. The molecular formula is C15H19NO3. The largest absolute Gasteiger partial charge is 0.478 e. The van der Waals surface area contributed by atoms with E-state index in [1.807, 2.05) is 4.90 Å². The topological polar surface area (TPSA) is 57.6 Å². The fourth-order valence-electron chi connectivity index (χ4n) is 2.55. The van der Waals surface area contributed by atoms with Gasteiger partial charge in [-0.2, -0.15) is 0 Å². The summed E-state index contributed by atoms with van der Waals surface area (Å²) in [5.74, 6) is -0.348. The molecule has 0 aromatic heterocycles. The van der Waals surface area contributed by atoms with Crippen molar-refractivity contribution in [2.75, 3.05) is 13.1 Å². The second kappa shape index (κ2) is 5.87. The summed E-state index contributed by atoms with van der Waals surface area (Å²) in [6.45, 7) is 3.75. The highest BCUT2D eigenvalue weighted by Crippen LogP contribution is 2.20. The first kappa shape index (κ1) is 13.6. The molecule has 1 aliphatic heterocycles. The summed E-state index contributed by atoms with van der Waals surface area (Å²) >= 11 is 0. The zero-order chi connectivity index (χ0) is 13.8. The highest BCUT2D eigenvalue weighted by Gasteiger charge is 2.25. The lowest BCUT2D eigenvalue weighted by molar-refractivity contribution is -0.129. The number of carboxylic acids is 1. The molecule has 1 saturated heterocycles. The fraction of sp³-hybridized carbons (Fsp3) is 0.467. The standard InChI is InChI=1S/C15H19NO3/c1-2-11-7-8-16(10-11)14(17)9-12-5-3-4-6-13(12)15(18)19/h3-6,11H,2,7-10H2,1H3,(H,18,19). The molecule has 0 saturated carbocycles. The average Bonchev–Trinajstić information content (AvgIpc) is 2.88. The van der Waals surface area contributed by atoms with Gasteiger partial charge in [0.25, 0.3) is 0 Å². The minimum Gasteiger partial charge on any atom is -0.478 e. The van der Waals surface area contributed by atoms with Crippen LogP contribution < -0.4 is 0 Å². The third-order valence-electron chi connectivity index (χ3n) is 3.81. The molecular weight excluding hydrogens is 242 g/mol. The number of amides is 1. The first-order valence-electron chi connectivity index (χ1n) is 6.70. The summed E-state index contributed by atoms with van der Waals surface area (Å²) in [6, 6.07) is 6.72. The van der Waals surface area contributed by atoms with Crippen LogP contribution in [-0.4, -0.2) is 35.0 Å². The number of hydrogen-bond acceptors (Lipinski definition) is 2. The van der Waals surface area contributed by atoms with E-state index in [1.54, 1.807) is 24.3 Å². The number of carboxylic acid groups (broad SMARTS) is 1. The van der Waals surface area contributed by atoms with Crippen LogP contribution in [0.2, 0.25) is 0 Å². The van der Waals surface area contributed by atoms with Crippen molar-refractivity contribution in [3.05, 3.63) is 35.4 Å². The summed E-state index contributed by atoms with van der Waals surface area (Å²) < 4.78 is 0. The third kappa shape index (κ3) is 3.13. The Morgan fingerprint density at radius 2 is 2.11 bits per heavy atom. The molecule has 1 amide bonds. The second-order valence-electron chi connectivity index (χ2n) is 5.04. The van der Waals surface area contributed by atoms with Gasteiger partial charge in [0.15, 0.2) is 0 Å². The summed E-state index contributed by atoms with van der Waals surface area (Å²) in [6.07, 6.45) is 2.33. The second-order valence-corrected chi connectivity index (χ2v) is 5.04. The molecule has 0 aliphatic carbocycles. The van der Waals surface area contributed by atoms with Crippen molar-refractivity contribution >= 4 is 11.9 Å². The van der Waals surface area contributed by atoms with E-state index in [-0.39, 0.29) is 17.9 Å². The highest BCUT2D eigenvalue weighted by molar-refractivity contribution is 5.91. The highest BCUT2D eigenvalue weighted by atomic mass is 16.4. The molecule has 1 aromatic rings. The molecule has 102 valence electrons. The number of likely N-dealkylation sites (tertiary alicyclic amines) is 1. The Hall–Kier alpha value is -1.84. The van der Waals surface area contributed by atoms with E-state index in [1.165, 1.54) is 0 Å². The number of aromatic carboxylic acids is 1. The van der Waals surface area contributed by atoms with Crippen LogP contribution in [0.5, 0.6) is 0 Å². The van der Waals surface area contributed by atoms with E-state index in [0.717, 1.165) is 25.9 Å². The summed E-state index contributed by atoms with van der Waals surface area (Å²) in [4.78, 5) is 25.1. The fourth-order valence-corrected chi connectivity index (χ4v) is 2.55. The minimum atomic E-state index is -0.976. The van der Waals surface area contributed by atoms with Crippen LogP contribution in [0.15, 0.2) is 24.3 Å². The zero-order valence-electron chi connectivity index (χ0n) is 11.1. The van der Waals surface area contributed by atoms with Crippen molar-refractivity contribution in [3.8, 4) is 0 Å². The van der Waals surface area contributed by atoms with Gasteiger partial charge in [-0.25, -0.2) is 4.79 Å². The summed E-state index contributed by atoms with van der Waals surface area (Å²) in [7, 11) is 0. The molecule has 4 nitrogen and oxygen atoms in total. The number of rotatable bonds is 4. The Morgan fingerprint density at radius 1 is 1.37 bits per heavy atom. The van der Waals surface area contributed by atoms with Crippen LogP contribution in [0.1, 0.15) is 35.7 Å². The molecule has 1 fully saturated rings. The van der Waals surface area contributed by atoms with E-state index >= 15 is 0 Å². The van der Waals surface area contributed by atoms with E-state index in [4.69, 9.17) is 5.11 Å². The lowest BCUT2D eigenvalue weighted by Gasteiger charge is -2.17. The van der Waals surface area contributed by atoms with E-state index in [9.17, 15) is 9.59 Å². The maximum atomic E-state index is 12.2. The molecule has 1 heterocycles. The molecule has 1 N–H and O–H groups in total. The number of benzene rings is 1. The molecule has 0 radical (unpaired) electrons. The molecule has 1 aliphatic rings. The lowest BCUT2D eigenvalue weighted by atomic mass is 10.0. The molecule has 2 rings (SSSR count). The van der Waals surface area contributed by atoms with Crippen LogP contribution in [0.3, 0.4) is 0 Å². The Morgan fingerprint density at radius 3 is 2.74 bits per heavy atom. The predicted octanol–water partition coefficient (Wildman–Crippen LogP) is 2.19. The third-order valence-corrected chi connectivity index (χ3v) is 3.81. The molecule has 0 spiro atoms. The summed E-state index contributed by atoms with van der Waals surface area (Å²) in [5, 5.41) is 9.10. The molecule has 0 bridgehead atoms. The van der Waals surface area contributed by atoms with Gasteiger partial charge >= 0.3 is 5.97 Å². The Balaban J connectivity index is 2.05. The van der Waals surface area contributed by atoms with Gasteiger partial charge in [0.2, 0.25) is 5.91 Å². The average molecular weight is 261 g/mol. The van der Waals surface area contributed by atoms with Crippen LogP contribution in [0.4, 0.5) is 0 Å². The van der Waals surface area contributed by atoms with Gasteiger partial charge in [0.1, 0.15) is 0 Å². The zero-order valence-corrected chi connectivity index (χ0v) is 11.1. The summed E-state index contributed by atoms with van der Waals surface area (Å²) in [5.41, 5.74) is 0.821. The van der Waals surface area contributed by atoms with Crippen LogP contribution in [0.25, 0.3) is 0 Å². The number of carbonyl (C=O) groups excluding carboxylic acids is 1. The van der Waals surface area contributed by atoms with Gasteiger partial charge in [0, 0.05) is 13.1 Å². The van der Waals surface area contributed by atoms with E-state index in [0.29, 0.717) is 11.5 Å². The smallest absolute Gasteiger partial charge is 0.335 e. The maximum absolute atomic E-state index is 12.2. The van der Waals surface area contributed by atoms with Crippen molar-refractivity contribution in [2.24, 2.45) is 5.92 Å². The Kier molecular flexibility index (Phi) is 4.20. The van der Waals surface area contributed by atoms with Crippen LogP contribution in [-0.2, 0) is 11.2 Å². The molecule has 19 heavy (non-hydrogen) atoms. The van der Waals surface area contributed by atoms with E-state index < -0.39 is 5.97 Å². The number of nitrogens with zero attached hydrogens (tertiary/aromatic N) is 1. The van der Waals surface area contributed by atoms with Crippen molar-refractivity contribution in [2.45, 2.75) is 26.2 Å². The normalized spacial score (nSPS) is 18.6. The van der Waals surface area contributed by atoms with Gasteiger partial charge in [-0.05, 0) is 24.0 Å². The van der Waals surface area contributed by atoms with Crippen molar-refractivity contribution in [1.29, 1.82) is 0 Å². The first-order chi connectivity index (χ1) is 9.11. The molecule has 4 heteroatoms. The van der Waals surface area contributed by atoms with Crippen LogP contribution in [0, 0.1) is 5.92 Å². The Labute approximate surface area is 113 Å². The monoisotopic (exact) mass is 261 g/mol. The quantitative estimate of drug-likeness (QED) is 0.903. The minimum absolute atomic E-state index is 0.0321. The first-order valence-corrected chi connectivity index (χ1v) is 6.70. The lowest BCUT2D eigenvalue weighted by Crippen LogP contribution is -2.30. The SMILES string of the molecule is CCC1CCN(C(=O)Cc2ccccc2C(=O)O)C1. The predicted molar refractivity (Wildman–Crippen MR) is 72.1 cm³/mol. The van der Waals surface area contributed by atoms with Crippen LogP contribution >= 0.6 is 0 Å². The van der Waals surface area contributed by atoms with Crippen molar-refractivity contribution in [1.82, 2.24) is 4.90 Å². The van der Waals surface area contributed by atoms with Gasteiger partial charge in [-0.15, -0.1) is 0 Å². The maximum Gasteiger partial charge on any atom is 0.335 e. The van der Waals surface area contributed by atoms with Gasteiger partial charge in [-0.1, -0.05) is 31.5 Å². The number of hydrogen-bond donors (Lipinski definition) is 1. The van der Waals surface area contributed by atoms with Gasteiger partial charge in [0.05, 0.1) is 12.0 Å². The molecule has 1 aromatic carbocycles.